The fourth-order valence-corrected chi connectivity index (χ4v) is 3.74. The molecule has 33 heavy (non-hydrogen) atoms. The van der Waals surface area contributed by atoms with Gasteiger partial charge in [-0.05, 0) is 47.4 Å². The van der Waals surface area contributed by atoms with E-state index in [1.165, 1.54) is 21.5 Å². The van der Waals surface area contributed by atoms with Crippen LogP contribution in [0.4, 0.5) is 8.78 Å². The molecule has 4 aromatic rings. The molecule has 3 aromatic heterocycles. The molecular formula is C20H21ClF2N8O2. The van der Waals surface area contributed by atoms with E-state index in [9.17, 15) is 18.4 Å². The lowest BCUT2D eigenvalue weighted by molar-refractivity contribution is 0.451. The molecule has 0 aliphatic rings. The summed E-state index contributed by atoms with van der Waals surface area (Å²) in [5, 5.41) is 12.1. The van der Waals surface area contributed by atoms with Crippen molar-refractivity contribution < 1.29 is 8.78 Å². The van der Waals surface area contributed by atoms with Gasteiger partial charge in [-0.3, -0.25) is 13.9 Å². The third-order valence-corrected chi connectivity index (χ3v) is 5.27. The number of hydrogen-bond acceptors (Lipinski definition) is 6. The zero-order chi connectivity index (χ0) is 23.5. The Morgan fingerprint density at radius 3 is 2.48 bits per heavy atom. The first-order chi connectivity index (χ1) is 15.9. The van der Waals surface area contributed by atoms with E-state index in [2.05, 4.69) is 25.4 Å². The molecule has 0 aliphatic heterocycles. The predicted molar refractivity (Wildman–Crippen MR) is 116 cm³/mol. The molecule has 0 bridgehead atoms. The number of imidazole rings is 1. The summed E-state index contributed by atoms with van der Waals surface area (Å²) in [4.78, 5) is 33.9. The first-order valence-corrected chi connectivity index (χ1v) is 10.8. The van der Waals surface area contributed by atoms with E-state index in [0.29, 0.717) is 24.4 Å². The van der Waals surface area contributed by atoms with Crippen LogP contribution in [0.1, 0.15) is 37.6 Å². The van der Waals surface area contributed by atoms with E-state index in [1.807, 2.05) is 6.92 Å². The Labute approximate surface area is 190 Å². The molecule has 0 saturated carbocycles. The highest BCUT2D eigenvalue weighted by atomic mass is 35.5. The Morgan fingerprint density at radius 1 is 1.03 bits per heavy atom. The molecule has 0 amide bonds. The Morgan fingerprint density at radius 2 is 1.76 bits per heavy atom. The molecule has 13 heteroatoms. The first kappa shape index (κ1) is 22.8. The second-order valence-corrected chi connectivity index (χ2v) is 7.94. The Balaban J connectivity index is 1.48. The van der Waals surface area contributed by atoms with Crippen LogP contribution in [0.25, 0.3) is 11.2 Å². The molecule has 0 aliphatic carbocycles. The van der Waals surface area contributed by atoms with Gasteiger partial charge in [0.05, 0.1) is 6.54 Å². The van der Waals surface area contributed by atoms with Crippen molar-refractivity contribution in [3.8, 4) is 0 Å². The number of H-pyrrole nitrogens is 1. The lowest BCUT2D eigenvalue weighted by atomic mass is 10.1. The normalized spacial score (nSPS) is 11.5. The number of aromatic amines is 1. The Kier molecular flexibility index (Phi) is 6.63. The molecule has 1 aromatic carbocycles. The smallest absolute Gasteiger partial charge is 0.323 e. The number of aromatic nitrogens is 8. The molecule has 1 N–H and O–H groups in total. The van der Waals surface area contributed by atoms with E-state index in [0.717, 1.165) is 23.5 Å². The number of tetrazole rings is 1. The van der Waals surface area contributed by atoms with Gasteiger partial charge in [-0.25, -0.2) is 13.6 Å². The summed E-state index contributed by atoms with van der Waals surface area (Å²) in [6.07, 6.45) is 2.11. The van der Waals surface area contributed by atoms with Crippen LogP contribution in [-0.2, 0) is 26.1 Å². The standard InChI is InChI=1S/C20H21ClF2N8O2/c1-2-3-5-29-17-16(24-19(21)25-17)18(32)30(20(29)33)6-4-7-31-27-15(26-28-31)10-12-8-13(22)11-14(23)9-12/h8-9,11H,2-7,10H2,1H3,(H,24,25). The first-order valence-electron chi connectivity index (χ1n) is 10.5. The average molecular weight is 479 g/mol. The van der Waals surface area contributed by atoms with Gasteiger partial charge in [-0.1, -0.05) is 13.3 Å². The van der Waals surface area contributed by atoms with E-state index < -0.39 is 22.9 Å². The maximum atomic E-state index is 13.4. The van der Waals surface area contributed by atoms with Gasteiger partial charge in [0, 0.05) is 25.6 Å². The number of benzene rings is 1. The second kappa shape index (κ2) is 9.61. The van der Waals surface area contributed by atoms with Crippen LogP contribution in [0.5, 0.6) is 0 Å². The topological polar surface area (TPSA) is 116 Å². The Bertz CT molecular complexity index is 1390. The zero-order valence-corrected chi connectivity index (χ0v) is 18.5. The van der Waals surface area contributed by atoms with Crippen molar-refractivity contribution in [3.05, 3.63) is 67.3 Å². The number of nitrogens with one attached hydrogen (secondary N) is 1. The second-order valence-electron chi connectivity index (χ2n) is 7.58. The third-order valence-electron chi connectivity index (χ3n) is 5.09. The van der Waals surface area contributed by atoms with Crippen molar-refractivity contribution in [1.29, 1.82) is 0 Å². The average Bonchev–Trinajstić information content (AvgIpc) is 3.36. The van der Waals surface area contributed by atoms with Crippen LogP contribution in [0.2, 0.25) is 5.28 Å². The van der Waals surface area contributed by atoms with E-state index in [-0.39, 0.29) is 36.0 Å². The summed E-state index contributed by atoms with van der Waals surface area (Å²) in [7, 11) is 0. The van der Waals surface area contributed by atoms with Gasteiger partial charge in [0.25, 0.3) is 5.56 Å². The molecule has 0 saturated heterocycles. The maximum Gasteiger partial charge on any atom is 0.332 e. The molecule has 0 radical (unpaired) electrons. The van der Waals surface area contributed by atoms with Crippen LogP contribution in [0.15, 0.2) is 27.8 Å². The van der Waals surface area contributed by atoms with Crippen LogP contribution in [-0.4, -0.2) is 39.3 Å². The molecule has 4 rings (SSSR count). The fraction of sp³-hybridized carbons (Fsp3) is 0.400. The molecule has 0 unspecified atom stereocenters. The molecule has 174 valence electrons. The fourth-order valence-electron chi connectivity index (χ4n) is 3.56. The van der Waals surface area contributed by atoms with Gasteiger partial charge < -0.3 is 4.98 Å². The SMILES string of the molecule is CCCCn1c(=O)n(CCCn2nnc(Cc3cc(F)cc(F)c3)n2)c(=O)c2[nH]c(Cl)nc21. The van der Waals surface area contributed by atoms with Gasteiger partial charge in [0.2, 0.25) is 5.28 Å². The van der Waals surface area contributed by atoms with E-state index in [1.54, 1.807) is 0 Å². The van der Waals surface area contributed by atoms with Gasteiger partial charge in [-0.2, -0.15) is 9.78 Å². The largest absolute Gasteiger partial charge is 0.332 e. The highest BCUT2D eigenvalue weighted by molar-refractivity contribution is 6.28. The van der Waals surface area contributed by atoms with E-state index in [4.69, 9.17) is 11.6 Å². The van der Waals surface area contributed by atoms with Crippen molar-refractivity contribution in [3.63, 3.8) is 0 Å². The molecule has 3 heterocycles. The summed E-state index contributed by atoms with van der Waals surface area (Å²) in [5.41, 5.74) is -0.139. The third kappa shape index (κ3) is 5.00. The predicted octanol–water partition coefficient (Wildman–Crippen LogP) is 2.29. The van der Waals surface area contributed by atoms with Crippen LogP contribution in [0, 0.1) is 11.6 Å². The number of halogens is 3. The number of fused-ring (bicyclic) bond motifs is 1. The molecule has 0 fully saturated rings. The zero-order valence-electron chi connectivity index (χ0n) is 17.8. The van der Waals surface area contributed by atoms with Gasteiger partial charge in [-0.15, -0.1) is 10.2 Å². The van der Waals surface area contributed by atoms with Gasteiger partial charge in [0.1, 0.15) is 11.6 Å². The van der Waals surface area contributed by atoms with Crippen LogP contribution < -0.4 is 11.2 Å². The summed E-state index contributed by atoms with van der Waals surface area (Å²) in [6, 6.07) is 3.20. The number of unbranched alkanes of at least 4 members (excludes halogenated alkanes) is 1. The molecule has 0 atom stereocenters. The van der Waals surface area contributed by atoms with Crippen molar-refractivity contribution >= 4 is 22.8 Å². The monoisotopic (exact) mass is 478 g/mol. The minimum atomic E-state index is -0.678. The van der Waals surface area contributed by atoms with E-state index >= 15 is 0 Å². The Hall–Kier alpha value is -3.41. The highest BCUT2D eigenvalue weighted by Crippen LogP contribution is 2.12. The van der Waals surface area contributed by atoms with Gasteiger partial charge in [0.15, 0.2) is 17.0 Å². The summed E-state index contributed by atoms with van der Waals surface area (Å²) in [6.45, 7) is 2.83. The molecular weight excluding hydrogens is 458 g/mol. The number of hydrogen-bond donors (Lipinski definition) is 1. The minimum Gasteiger partial charge on any atom is -0.323 e. The lowest BCUT2D eigenvalue weighted by Crippen LogP contribution is -2.40. The summed E-state index contributed by atoms with van der Waals surface area (Å²) >= 11 is 5.93. The summed E-state index contributed by atoms with van der Waals surface area (Å²) < 4.78 is 29.3. The van der Waals surface area contributed by atoms with Crippen LogP contribution >= 0.6 is 11.6 Å². The number of aryl methyl sites for hydroxylation is 2. The lowest BCUT2D eigenvalue weighted by Gasteiger charge is -2.10. The maximum absolute atomic E-state index is 13.4. The van der Waals surface area contributed by atoms with Crippen molar-refractivity contribution in [1.82, 2.24) is 39.3 Å². The number of nitrogens with zero attached hydrogens (tertiary/aromatic N) is 7. The van der Waals surface area contributed by atoms with Gasteiger partial charge >= 0.3 is 5.69 Å². The number of rotatable bonds is 9. The quantitative estimate of drug-likeness (QED) is 0.369. The molecule has 0 spiro atoms. The van der Waals surface area contributed by atoms with Crippen molar-refractivity contribution in [2.75, 3.05) is 0 Å². The summed E-state index contributed by atoms with van der Waals surface area (Å²) in [5.74, 6) is -1.06. The molecule has 10 nitrogen and oxygen atoms in total. The minimum absolute atomic E-state index is 0.0435. The van der Waals surface area contributed by atoms with Crippen LogP contribution in [0.3, 0.4) is 0 Å². The van der Waals surface area contributed by atoms with Crippen molar-refractivity contribution in [2.24, 2.45) is 0 Å². The van der Waals surface area contributed by atoms with Crippen molar-refractivity contribution in [2.45, 2.75) is 52.2 Å². The highest BCUT2D eigenvalue weighted by Gasteiger charge is 2.17.